The molecule has 1 saturated carbocycles. The average molecular weight is 410 g/mol. The molecule has 2 aromatic rings. The first-order chi connectivity index (χ1) is 12.8. The summed E-state index contributed by atoms with van der Waals surface area (Å²) in [6.45, 7) is 3.33. The van der Waals surface area contributed by atoms with Gasteiger partial charge < -0.3 is 14.9 Å². The first-order valence-corrected chi connectivity index (χ1v) is 9.32. The number of halogens is 2. The van der Waals surface area contributed by atoms with Gasteiger partial charge in [0, 0.05) is 19.1 Å². The number of likely N-dealkylation sites (N-methyl/N-ethyl adjacent to an activating group) is 1. The lowest BCUT2D eigenvalue weighted by Gasteiger charge is -2.25. The molecule has 3 heterocycles. The van der Waals surface area contributed by atoms with Crippen LogP contribution in [-0.4, -0.2) is 53.6 Å². The summed E-state index contributed by atoms with van der Waals surface area (Å²) in [4.78, 5) is 28.3. The lowest BCUT2D eigenvalue weighted by Crippen LogP contribution is -2.32. The Bertz CT molecular complexity index is 1000. The summed E-state index contributed by atoms with van der Waals surface area (Å²) >= 11 is 0. The number of nitrogens with zero attached hydrogens (tertiary/aromatic N) is 3. The van der Waals surface area contributed by atoms with E-state index < -0.39 is 17.3 Å². The van der Waals surface area contributed by atoms with Gasteiger partial charge in [-0.05, 0) is 63.4 Å². The molecule has 2 fully saturated rings. The molecule has 1 aliphatic heterocycles. The number of hydrogen-bond donors (Lipinski definition) is 1. The molecule has 28 heavy (non-hydrogen) atoms. The van der Waals surface area contributed by atoms with Crippen molar-refractivity contribution in [3.8, 4) is 0 Å². The molecular weight excluding hydrogens is 385 g/mol. The summed E-state index contributed by atoms with van der Waals surface area (Å²) in [7, 11) is 4.05. The van der Waals surface area contributed by atoms with Gasteiger partial charge >= 0.3 is 5.97 Å². The minimum atomic E-state index is -1.27. The van der Waals surface area contributed by atoms with Crippen molar-refractivity contribution >= 4 is 29.6 Å². The number of anilines is 1. The first-order valence-electron chi connectivity index (χ1n) is 9.32. The van der Waals surface area contributed by atoms with Gasteiger partial charge in [0.25, 0.3) is 5.56 Å². The van der Waals surface area contributed by atoms with Gasteiger partial charge in [0.2, 0.25) is 0 Å². The molecule has 0 radical (unpaired) electrons. The van der Waals surface area contributed by atoms with Crippen LogP contribution in [0.1, 0.15) is 46.7 Å². The maximum atomic E-state index is 15.1. The van der Waals surface area contributed by atoms with Gasteiger partial charge in [-0.15, -0.1) is 12.4 Å². The summed E-state index contributed by atoms with van der Waals surface area (Å²) < 4.78 is 16.3. The number of aromatic carboxylic acids is 1. The fraction of sp³-hybridized carbons (Fsp3) is 0.500. The Labute approximate surface area is 169 Å². The molecule has 6 nitrogen and oxygen atoms in total. The average Bonchev–Trinajstić information content (AvgIpc) is 3.32. The second-order valence-electron chi connectivity index (χ2n) is 7.92. The van der Waals surface area contributed by atoms with E-state index in [1.54, 1.807) is 0 Å². The Morgan fingerprint density at radius 3 is 2.50 bits per heavy atom. The molecule has 0 unspecified atom stereocenters. The van der Waals surface area contributed by atoms with E-state index in [9.17, 15) is 14.7 Å². The molecule has 2 aromatic heterocycles. The minimum Gasteiger partial charge on any atom is -0.477 e. The van der Waals surface area contributed by atoms with Crippen molar-refractivity contribution in [3.63, 3.8) is 0 Å². The third kappa shape index (κ3) is 3.26. The fourth-order valence-electron chi connectivity index (χ4n) is 4.26. The van der Waals surface area contributed by atoms with Crippen LogP contribution in [0, 0.1) is 12.7 Å². The Kier molecular flexibility index (Phi) is 5.42. The van der Waals surface area contributed by atoms with E-state index >= 15 is 4.39 Å². The standard InChI is InChI=1S/C20H24FN3O3.ClH/c1-11-17-14(12-4-5-12)8-15(20(26)27)19(25)24(17)10-16(21)18(11)23-7-6-13(9-23)22(2)3;/h8,10,12-13H,4-7,9H2,1-3H3,(H,26,27);1H/t13-;/m0./s1. The van der Waals surface area contributed by atoms with Gasteiger partial charge in [-0.1, -0.05) is 0 Å². The minimum absolute atomic E-state index is 0. The Balaban J connectivity index is 0.00000225. The van der Waals surface area contributed by atoms with Crippen LogP contribution in [-0.2, 0) is 0 Å². The van der Waals surface area contributed by atoms with E-state index in [0.717, 1.165) is 37.9 Å². The normalized spacial score (nSPS) is 19.3. The molecule has 1 atom stereocenters. The van der Waals surface area contributed by atoms with Gasteiger partial charge in [0.15, 0.2) is 5.82 Å². The number of aromatic nitrogens is 1. The van der Waals surface area contributed by atoms with E-state index in [2.05, 4.69) is 4.90 Å². The highest BCUT2D eigenvalue weighted by atomic mass is 35.5. The lowest BCUT2D eigenvalue weighted by atomic mass is 10.0. The highest BCUT2D eigenvalue weighted by Gasteiger charge is 2.32. The van der Waals surface area contributed by atoms with Crippen molar-refractivity contribution in [2.75, 3.05) is 32.1 Å². The largest absolute Gasteiger partial charge is 0.477 e. The molecule has 2 aliphatic rings. The molecule has 1 aliphatic carbocycles. The quantitative estimate of drug-likeness (QED) is 0.841. The predicted molar refractivity (Wildman–Crippen MR) is 109 cm³/mol. The number of carboxylic acid groups (broad SMARTS) is 1. The number of aryl methyl sites for hydroxylation is 1. The number of carboxylic acids is 1. The van der Waals surface area contributed by atoms with Crippen molar-refractivity contribution < 1.29 is 14.3 Å². The monoisotopic (exact) mass is 409 g/mol. The van der Waals surface area contributed by atoms with Gasteiger partial charge in [-0.25, -0.2) is 9.18 Å². The molecule has 0 aromatic carbocycles. The van der Waals surface area contributed by atoms with E-state index in [-0.39, 0.29) is 23.9 Å². The maximum absolute atomic E-state index is 15.1. The summed E-state index contributed by atoms with van der Waals surface area (Å²) in [5.74, 6) is -1.51. The van der Waals surface area contributed by atoms with Crippen LogP contribution >= 0.6 is 12.4 Å². The third-order valence-electron chi connectivity index (χ3n) is 5.90. The summed E-state index contributed by atoms with van der Waals surface area (Å²) in [5.41, 5.74) is 1.78. The van der Waals surface area contributed by atoms with Crippen molar-refractivity contribution in [1.29, 1.82) is 0 Å². The fourth-order valence-corrected chi connectivity index (χ4v) is 4.26. The van der Waals surface area contributed by atoms with Gasteiger partial charge in [0.05, 0.1) is 17.4 Å². The molecule has 0 amide bonds. The molecule has 152 valence electrons. The third-order valence-corrected chi connectivity index (χ3v) is 5.90. The van der Waals surface area contributed by atoms with E-state index in [0.29, 0.717) is 22.8 Å². The second-order valence-corrected chi connectivity index (χ2v) is 7.92. The lowest BCUT2D eigenvalue weighted by molar-refractivity contribution is 0.0694. The summed E-state index contributed by atoms with van der Waals surface area (Å²) in [6, 6.07) is 1.86. The Hall–Kier alpha value is -2.12. The number of rotatable bonds is 4. The van der Waals surface area contributed by atoms with Crippen LogP contribution in [0.4, 0.5) is 10.1 Å². The van der Waals surface area contributed by atoms with Crippen molar-refractivity contribution in [2.45, 2.75) is 38.1 Å². The molecular formula is C20H25ClFN3O3. The Morgan fingerprint density at radius 1 is 1.29 bits per heavy atom. The molecule has 0 bridgehead atoms. The molecule has 0 spiro atoms. The van der Waals surface area contributed by atoms with Gasteiger partial charge in [0.1, 0.15) is 5.56 Å². The maximum Gasteiger partial charge on any atom is 0.341 e. The van der Waals surface area contributed by atoms with Crippen molar-refractivity contribution in [2.24, 2.45) is 0 Å². The van der Waals surface area contributed by atoms with Crippen LogP contribution in [0.5, 0.6) is 0 Å². The number of pyridine rings is 2. The number of fused-ring (bicyclic) bond motifs is 1. The SMILES string of the molecule is Cc1c(N2CC[C@H](N(C)C)C2)c(F)cn2c(=O)c(C(=O)O)cc(C3CC3)c12.Cl. The van der Waals surface area contributed by atoms with E-state index in [4.69, 9.17) is 0 Å². The zero-order valence-corrected chi connectivity index (χ0v) is 17.1. The van der Waals surface area contributed by atoms with Crippen LogP contribution in [0.2, 0.25) is 0 Å². The highest BCUT2D eigenvalue weighted by Crippen LogP contribution is 2.44. The number of carbonyl (C=O) groups is 1. The number of hydrogen-bond acceptors (Lipinski definition) is 4. The predicted octanol–water partition coefficient (Wildman–Crippen LogP) is 2.88. The zero-order chi connectivity index (χ0) is 19.5. The molecule has 8 heteroatoms. The van der Waals surface area contributed by atoms with Crippen LogP contribution < -0.4 is 10.5 Å². The molecule has 1 N–H and O–H groups in total. The summed E-state index contributed by atoms with van der Waals surface area (Å²) in [6.07, 6.45) is 4.05. The van der Waals surface area contributed by atoms with Crippen LogP contribution in [0.15, 0.2) is 17.1 Å². The van der Waals surface area contributed by atoms with Crippen molar-refractivity contribution in [3.05, 3.63) is 45.1 Å². The van der Waals surface area contributed by atoms with E-state index in [1.165, 1.54) is 16.7 Å². The topological polar surface area (TPSA) is 65.3 Å². The highest BCUT2D eigenvalue weighted by molar-refractivity contribution is 5.89. The first kappa shape index (κ1) is 20.6. The van der Waals surface area contributed by atoms with Gasteiger partial charge in [-0.2, -0.15) is 0 Å². The second kappa shape index (κ2) is 7.37. The van der Waals surface area contributed by atoms with Crippen LogP contribution in [0.25, 0.3) is 5.52 Å². The summed E-state index contributed by atoms with van der Waals surface area (Å²) in [5, 5.41) is 9.38. The van der Waals surface area contributed by atoms with Crippen molar-refractivity contribution in [1.82, 2.24) is 9.30 Å². The van der Waals surface area contributed by atoms with Gasteiger partial charge in [-0.3, -0.25) is 9.20 Å². The zero-order valence-electron chi connectivity index (χ0n) is 16.2. The van der Waals surface area contributed by atoms with E-state index in [1.807, 2.05) is 25.9 Å². The smallest absolute Gasteiger partial charge is 0.341 e. The van der Waals surface area contributed by atoms with Crippen LogP contribution in [0.3, 0.4) is 0 Å². The Morgan fingerprint density at radius 2 is 1.96 bits per heavy atom. The molecule has 4 rings (SSSR count). The molecule has 1 saturated heterocycles.